The normalized spacial score (nSPS) is 12.3. The van der Waals surface area contributed by atoms with E-state index in [0.717, 1.165) is 0 Å². The maximum atomic E-state index is 11.7. The van der Waals surface area contributed by atoms with Gasteiger partial charge in [-0.25, -0.2) is 4.79 Å². The SMILES string of the molecule is COCCCC(NC(=O)/C=C/c1ccccc1Cl)C(=O)O. The van der Waals surface area contributed by atoms with Crippen molar-refractivity contribution in [3.63, 3.8) is 0 Å². The van der Waals surface area contributed by atoms with Crippen LogP contribution in [0.2, 0.25) is 5.02 Å². The van der Waals surface area contributed by atoms with Crippen molar-refractivity contribution in [1.82, 2.24) is 5.32 Å². The van der Waals surface area contributed by atoms with Crippen molar-refractivity contribution >= 4 is 29.6 Å². The lowest BCUT2D eigenvalue weighted by molar-refractivity contribution is -0.141. The number of carbonyl (C=O) groups is 2. The molecule has 1 amide bonds. The van der Waals surface area contributed by atoms with Gasteiger partial charge < -0.3 is 15.2 Å². The zero-order chi connectivity index (χ0) is 15.7. The molecule has 0 fully saturated rings. The molecule has 1 aromatic rings. The molecule has 21 heavy (non-hydrogen) atoms. The fourth-order valence-corrected chi connectivity index (χ4v) is 1.88. The first kappa shape index (κ1) is 17.2. The molecule has 6 heteroatoms. The topological polar surface area (TPSA) is 75.6 Å². The highest BCUT2D eigenvalue weighted by Crippen LogP contribution is 2.16. The van der Waals surface area contributed by atoms with Gasteiger partial charge in [0.05, 0.1) is 0 Å². The molecule has 0 aromatic heterocycles. The van der Waals surface area contributed by atoms with E-state index in [0.29, 0.717) is 30.0 Å². The van der Waals surface area contributed by atoms with E-state index in [1.54, 1.807) is 37.5 Å². The third-order valence-electron chi connectivity index (χ3n) is 2.78. The first-order valence-corrected chi connectivity index (χ1v) is 6.87. The molecule has 1 rings (SSSR count). The molecule has 1 aromatic carbocycles. The van der Waals surface area contributed by atoms with Crippen molar-refractivity contribution in [2.45, 2.75) is 18.9 Å². The average molecular weight is 312 g/mol. The van der Waals surface area contributed by atoms with Crippen LogP contribution in [0, 0.1) is 0 Å². The van der Waals surface area contributed by atoms with Gasteiger partial charge in [0, 0.05) is 24.8 Å². The number of hydrogen-bond acceptors (Lipinski definition) is 3. The third kappa shape index (κ3) is 6.42. The van der Waals surface area contributed by atoms with E-state index in [9.17, 15) is 9.59 Å². The molecule has 0 saturated carbocycles. The molecule has 0 bridgehead atoms. The number of amides is 1. The van der Waals surface area contributed by atoms with Gasteiger partial charge in [-0.05, 0) is 30.5 Å². The number of benzene rings is 1. The quantitative estimate of drug-likeness (QED) is 0.571. The summed E-state index contributed by atoms with van der Waals surface area (Å²) in [6, 6.07) is 6.14. The average Bonchev–Trinajstić information content (AvgIpc) is 2.45. The molecule has 0 spiro atoms. The van der Waals surface area contributed by atoms with Crippen molar-refractivity contribution in [1.29, 1.82) is 0 Å². The van der Waals surface area contributed by atoms with E-state index in [1.807, 2.05) is 0 Å². The summed E-state index contributed by atoms with van der Waals surface area (Å²) in [7, 11) is 1.54. The molecule has 0 aliphatic heterocycles. The molecule has 5 nitrogen and oxygen atoms in total. The minimum absolute atomic E-state index is 0.314. The van der Waals surface area contributed by atoms with Crippen molar-refractivity contribution in [3.05, 3.63) is 40.9 Å². The summed E-state index contributed by atoms with van der Waals surface area (Å²) in [5.74, 6) is -1.54. The monoisotopic (exact) mass is 311 g/mol. The van der Waals surface area contributed by atoms with Gasteiger partial charge in [-0.1, -0.05) is 29.8 Å². The van der Waals surface area contributed by atoms with Gasteiger partial charge in [0.1, 0.15) is 6.04 Å². The molecular formula is C15H18ClNO4. The maximum absolute atomic E-state index is 11.7. The number of carboxylic acids is 1. The Balaban J connectivity index is 2.57. The van der Waals surface area contributed by atoms with E-state index >= 15 is 0 Å². The van der Waals surface area contributed by atoms with Gasteiger partial charge in [0.15, 0.2) is 0 Å². The Morgan fingerprint density at radius 2 is 2.14 bits per heavy atom. The van der Waals surface area contributed by atoms with E-state index in [4.69, 9.17) is 21.4 Å². The van der Waals surface area contributed by atoms with Crippen LogP contribution in [0.3, 0.4) is 0 Å². The summed E-state index contributed by atoms with van der Waals surface area (Å²) >= 11 is 5.96. The molecular weight excluding hydrogens is 294 g/mol. The Hall–Kier alpha value is -1.85. The number of hydrogen-bond donors (Lipinski definition) is 2. The number of methoxy groups -OCH3 is 1. The molecule has 1 atom stereocenters. The smallest absolute Gasteiger partial charge is 0.326 e. The van der Waals surface area contributed by atoms with Crippen LogP contribution in [-0.2, 0) is 14.3 Å². The second-order valence-corrected chi connectivity index (χ2v) is 4.80. The molecule has 1 unspecified atom stereocenters. The maximum Gasteiger partial charge on any atom is 0.326 e. The highest BCUT2D eigenvalue weighted by atomic mass is 35.5. The van der Waals surface area contributed by atoms with Crippen molar-refractivity contribution in [3.8, 4) is 0 Å². The van der Waals surface area contributed by atoms with Gasteiger partial charge in [0.2, 0.25) is 5.91 Å². The lowest BCUT2D eigenvalue weighted by Crippen LogP contribution is -2.40. The number of ether oxygens (including phenoxy) is 1. The number of aliphatic carboxylic acids is 1. The molecule has 0 saturated heterocycles. The number of carbonyl (C=O) groups excluding carboxylic acids is 1. The van der Waals surface area contributed by atoms with E-state index in [-0.39, 0.29) is 0 Å². The van der Waals surface area contributed by atoms with Crippen LogP contribution in [0.1, 0.15) is 18.4 Å². The Labute approximate surface area is 128 Å². The highest BCUT2D eigenvalue weighted by Gasteiger charge is 2.18. The molecule has 0 aliphatic rings. The summed E-state index contributed by atoms with van der Waals surface area (Å²) in [4.78, 5) is 22.8. The van der Waals surface area contributed by atoms with Crippen LogP contribution in [0.15, 0.2) is 30.3 Å². The molecule has 0 radical (unpaired) electrons. The second kappa shape index (κ2) is 9.15. The van der Waals surface area contributed by atoms with Crippen molar-refractivity contribution < 1.29 is 19.4 Å². The Kier molecular flexibility index (Phi) is 7.50. The van der Waals surface area contributed by atoms with E-state index < -0.39 is 17.9 Å². The van der Waals surface area contributed by atoms with Crippen LogP contribution < -0.4 is 5.32 Å². The van der Waals surface area contributed by atoms with E-state index in [2.05, 4.69) is 5.32 Å². The summed E-state index contributed by atoms with van der Waals surface area (Å²) < 4.78 is 4.86. The van der Waals surface area contributed by atoms with Gasteiger partial charge in [-0.15, -0.1) is 0 Å². The Morgan fingerprint density at radius 1 is 1.43 bits per heavy atom. The van der Waals surface area contributed by atoms with Crippen LogP contribution in [0.4, 0.5) is 0 Å². The van der Waals surface area contributed by atoms with Gasteiger partial charge in [-0.3, -0.25) is 4.79 Å². The van der Waals surface area contributed by atoms with E-state index in [1.165, 1.54) is 6.08 Å². The highest BCUT2D eigenvalue weighted by molar-refractivity contribution is 6.32. The lowest BCUT2D eigenvalue weighted by atomic mass is 10.1. The molecule has 2 N–H and O–H groups in total. The van der Waals surface area contributed by atoms with Gasteiger partial charge in [-0.2, -0.15) is 0 Å². The zero-order valence-electron chi connectivity index (χ0n) is 11.7. The second-order valence-electron chi connectivity index (χ2n) is 4.39. The van der Waals surface area contributed by atoms with Gasteiger partial charge >= 0.3 is 5.97 Å². The summed E-state index contributed by atoms with van der Waals surface area (Å²) in [6.45, 7) is 0.453. The molecule has 0 heterocycles. The summed E-state index contributed by atoms with van der Waals surface area (Å²) in [6.07, 6.45) is 3.69. The minimum Gasteiger partial charge on any atom is -0.480 e. The number of carboxylic acid groups (broad SMARTS) is 1. The fraction of sp³-hybridized carbons (Fsp3) is 0.333. The van der Waals surface area contributed by atoms with Gasteiger partial charge in [0.25, 0.3) is 0 Å². The Bertz CT molecular complexity index is 516. The summed E-state index contributed by atoms with van der Waals surface area (Å²) in [5, 5.41) is 12.0. The number of halogens is 1. The first-order chi connectivity index (χ1) is 10.0. The zero-order valence-corrected chi connectivity index (χ0v) is 12.5. The lowest BCUT2D eigenvalue weighted by Gasteiger charge is -2.12. The van der Waals surface area contributed by atoms with Crippen molar-refractivity contribution in [2.75, 3.05) is 13.7 Å². The first-order valence-electron chi connectivity index (χ1n) is 6.49. The van der Waals surface area contributed by atoms with Crippen LogP contribution in [-0.4, -0.2) is 36.7 Å². The van der Waals surface area contributed by atoms with Crippen molar-refractivity contribution in [2.24, 2.45) is 0 Å². The minimum atomic E-state index is -1.06. The van der Waals surface area contributed by atoms with Crippen LogP contribution in [0.25, 0.3) is 6.08 Å². The number of nitrogens with one attached hydrogen (secondary N) is 1. The predicted octanol–water partition coefficient (Wildman–Crippen LogP) is 2.35. The molecule has 0 aliphatic carbocycles. The van der Waals surface area contributed by atoms with Crippen LogP contribution >= 0.6 is 11.6 Å². The Morgan fingerprint density at radius 3 is 2.76 bits per heavy atom. The number of rotatable bonds is 8. The largest absolute Gasteiger partial charge is 0.480 e. The third-order valence-corrected chi connectivity index (χ3v) is 3.12. The molecule has 114 valence electrons. The fourth-order valence-electron chi connectivity index (χ4n) is 1.68. The summed E-state index contributed by atoms with van der Waals surface area (Å²) in [5.41, 5.74) is 0.695. The van der Waals surface area contributed by atoms with Crippen LogP contribution in [0.5, 0.6) is 0 Å². The standard InChI is InChI=1S/C15H18ClNO4/c1-21-10-4-7-13(15(19)20)17-14(18)9-8-11-5-2-3-6-12(11)16/h2-3,5-6,8-9,13H,4,7,10H2,1H3,(H,17,18)(H,19,20)/b9-8+. The predicted molar refractivity (Wildman–Crippen MR) is 81.2 cm³/mol.